The zero-order chi connectivity index (χ0) is 12.3. The number of halogens is 2. The minimum Gasteiger partial charge on any atom is -0.335 e. The molecule has 6 heteroatoms. The molecular formula is C11H6ClFN4. The second-order valence-electron chi connectivity index (χ2n) is 3.09. The standard InChI is InChI=1S/C11H6ClFN4/c12-7-2-1-3-8(10(7)13)17-11-9(6-14)15-4-5-16-11/h1-5H,(H,16,17). The Bertz CT molecular complexity index is 594. The Balaban J connectivity index is 2.39. The highest BCUT2D eigenvalue weighted by Gasteiger charge is 2.09. The van der Waals surface area contributed by atoms with Gasteiger partial charge in [-0.05, 0) is 12.1 Å². The molecule has 4 nitrogen and oxygen atoms in total. The summed E-state index contributed by atoms with van der Waals surface area (Å²) in [7, 11) is 0. The van der Waals surface area contributed by atoms with E-state index in [1.807, 2.05) is 6.07 Å². The summed E-state index contributed by atoms with van der Waals surface area (Å²) >= 11 is 5.64. The number of aromatic nitrogens is 2. The van der Waals surface area contributed by atoms with Crippen molar-refractivity contribution in [1.82, 2.24) is 9.97 Å². The molecule has 1 N–H and O–H groups in total. The van der Waals surface area contributed by atoms with Gasteiger partial charge in [0.15, 0.2) is 17.3 Å². The summed E-state index contributed by atoms with van der Waals surface area (Å²) in [5.41, 5.74) is 0.237. The number of rotatable bonds is 2. The maximum atomic E-state index is 13.6. The van der Waals surface area contributed by atoms with Gasteiger partial charge < -0.3 is 5.32 Å². The molecule has 17 heavy (non-hydrogen) atoms. The summed E-state index contributed by atoms with van der Waals surface area (Å²) < 4.78 is 13.6. The van der Waals surface area contributed by atoms with E-state index in [0.717, 1.165) is 0 Å². The topological polar surface area (TPSA) is 61.6 Å². The highest BCUT2D eigenvalue weighted by atomic mass is 35.5. The van der Waals surface area contributed by atoms with Crippen molar-refractivity contribution in [2.45, 2.75) is 0 Å². The maximum Gasteiger partial charge on any atom is 0.183 e. The van der Waals surface area contributed by atoms with Crippen LogP contribution >= 0.6 is 11.6 Å². The lowest BCUT2D eigenvalue weighted by Gasteiger charge is -2.07. The van der Waals surface area contributed by atoms with Crippen molar-refractivity contribution in [2.75, 3.05) is 5.32 Å². The molecule has 0 spiro atoms. The van der Waals surface area contributed by atoms with Gasteiger partial charge in [-0.25, -0.2) is 14.4 Å². The molecule has 0 aliphatic rings. The van der Waals surface area contributed by atoms with Crippen LogP contribution in [0.5, 0.6) is 0 Å². The van der Waals surface area contributed by atoms with Crippen LogP contribution in [-0.4, -0.2) is 9.97 Å². The molecule has 0 aliphatic carbocycles. The first-order valence-electron chi connectivity index (χ1n) is 4.64. The fraction of sp³-hybridized carbons (Fsp3) is 0. The number of nitriles is 1. The minimum atomic E-state index is -0.594. The van der Waals surface area contributed by atoms with Crippen LogP contribution < -0.4 is 5.32 Å². The van der Waals surface area contributed by atoms with Gasteiger partial charge >= 0.3 is 0 Å². The molecule has 0 saturated heterocycles. The monoisotopic (exact) mass is 248 g/mol. The maximum absolute atomic E-state index is 13.6. The highest BCUT2D eigenvalue weighted by Crippen LogP contribution is 2.25. The predicted octanol–water partition coefficient (Wildman–Crippen LogP) is 2.88. The Morgan fingerprint density at radius 1 is 1.29 bits per heavy atom. The lowest BCUT2D eigenvalue weighted by Crippen LogP contribution is -2.00. The average molecular weight is 249 g/mol. The van der Waals surface area contributed by atoms with Crippen molar-refractivity contribution in [2.24, 2.45) is 0 Å². The molecule has 0 unspecified atom stereocenters. The van der Waals surface area contributed by atoms with E-state index in [-0.39, 0.29) is 22.2 Å². The Labute approximate surface area is 102 Å². The van der Waals surface area contributed by atoms with Gasteiger partial charge in [-0.2, -0.15) is 5.26 Å². The van der Waals surface area contributed by atoms with E-state index in [2.05, 4.69) is 15.3 Å². The number of hydrogen-bond donors (Lipinski definition) is 1. The quantitative estimate of drug-likeness (QED) is 0.888. The van der Waals surface area contributed by atoms with Crippen LogP contribution in [0.1, 0.15) is 5.69 Å². The molecule has 0 amide bonds. The molecule has 0 radical (unpaired) electrons. The van der Waals surface area contributed by atoms with E-state index in [1.165, 1.54) is 24.5 Å². The van der Waals surface area contributed by atoms with Crippen molar-refractivity contribution in [3.05, 3.63) is 47.1 Å². The summed E-state index contributed by atoms with van der Waals surface area (Å²) in [4.78, 5) is 7.71. The van der Waals surface area contributed by atoms with Gasteiger partial charge in [0, 0.05) is 12.4 Å². The summed E-state index contributed by atoms with van der Waals surface area (Å²) in [6.07, 6.45) is 2.80. The molecule has 0 atom stereocenters. The van der Waals surface area contributed by atoms with Crippen LogP contribution in [0.25, 0.3) is 0 Å². The van der Waals surface area contributed by atoms with E-state index in [1.54, 1.807) is 6.07 Å². The Kier molecular flexibility index (Phi) is 3.17. The summed E-state index contributed by atoms with van der Waals surface area (Å²) in [6.45, 7) is 0. The molecule has 0 fully saturated rings. The number of nitrogens with zero attached hydrogens (tertiary/aromatic N) is 3. The van der Waals surface area contributed by atoms with Gasteiger partial charge in [-0.15, -0.1) is 0 Å². The lowest BCUT2D eigenvalue weighted by molar-refractivity contribution is 0.632. The van der Waals surface area contributed by atoms with Crippen molar-refractivity contribution >= 4 is 23.1 Å². The van der Waals surface area contributed by atoms with Crippen molar-refractivity contribution < 1.29 is 4.39 Å². The third-order valence-corrected chi connectivity index (χ3v) is 2.30. The number of benzene rings is 1. The van der Waals surface area contributed by atoms with E-state index in [0.29, 0.717) is 0 Å². The van der Waals surface area contributed by atoms with Gasteiger partial charge in [0.25, 0.3) is 0 Å². The minimum absolute atomic E-state index is 0.00241. The number of nitrogens with one attached hydrogen (secondary N) is 1. The average Bonchev–Trinajstić information content (AvgIpc) is 2.35. The molecule has 0 saturated carbocycles. The highest BCUT2D eigenvalue weighted by molar-refractivity contribution is 6.31. The zero-order valence-corrected chi connectivity index (χ0v) is 9.24. The summed E-state index contributed by atoms with van der Waals surface area (Å²) in [6, 6.07) is 6.38. The molecule has 2 aromatic rings. The van der Waals surface area contributed by atoms with E-state index in [9.17, 15) is 4.39 Å². The fourth-order valence-electron chi connectivity index (χ4n) is 1.24. The second-order valence-corrected chi connectivity index (χ2v) is 3.50. The van der Waals surface area contributed by atoms with Crippen LogP contribution in [-0.2, 0) is 0 Å². The molecule has 0 bridgehead atoms. The Hall–Kier alpha value is -2.19. The van der Waals surface area contributed by atoms with Gasteiger partial charge in [0.05, 0.1) is 10.7 Å². The third kappa shape index (κ3) is 2.32. The molecule has 1 heterocycles. The van der Waals surface area contributed by atoms with Gasteiger partial charge in [0.2, 0.25) is 0 Å². The van der Waals surface area contributed by atoms with Gasteiger partial charge in [-0.3, -0.25) is 0 Å². The first-order chi connectivity index (χ1) is 8.22. The van der Waals surface area contributed by atoms with Gasteiger partial charge in [0.1, 0.15) is 6.07 Å². The zero-order valence-electron chi connectivity index (χ0n) is 8.48. The molecule has 1 aromatic heterocycles. The first kappa shape index (κ1) is 11.3. The van der Waals surface area contributed by atoms with E-state index in [4.69, 9.17) is 16.9 Å². The predicted molar refractivity (Wildman–Crippen MR) is 61.4 cm³/mol. The van der Waals surface area contributed by atoms with Crippen LogP contribution in [0.3, 0.4) is 0 Å². The molecule has 2 rings (SSSR count). The Morgan fingerprint density at radius 3 is 2.82 bits per heavy atom. The molecule has 1 aromatic carbocycles. The fourth-order valence-corrected chi connectivity index (χ4v) is 1.41. The lowest BCUT2D eigenvalue weighted by atomic mass is 10.3. The Morgan fingerprint density at radius 2 is 2.06 bits per heavy atom. The van der Waals surface area contributed by atoms with Crippen LogP contribution in [0, 0.1) is 17.1 Å². The summed E-state index contributed by atoms with van der Waals surface area (Å²) in [5, 5.41) is 11.5. The molecular weight excluding hydrogens is 243 g/mol. The molecule has 84 valence electrons. The normalized spacial score (nSPS) is 9.71. The number of anilines is 2. The van der Waals surface area contributed by atoms with E-state index >= 15 is 0 Å². The van der Waals surface area contributed by atoms with Crippen LogP contribution in [0.15, 0.2) is 30.6 Å². The summed E-state index contributed by atoms with van der Waals surface area (Å²) in [5.74, 6) is -0.403. The van der Waals surface area contributed by atoms with Gasteiger partial charge in [-0.1, -0.05) is 17.7 Å². The van der Waals surface area contributed by atoms with Crippen molar-refractivity contribution in [3.8, 4) is 6.07 Å². The smallest absolute Gasteiger partial charge is 0.183 e. The van der Waals surface area contributed by atoms with E-state index < -0.39 is 5.82 Å². The van der Waals surface area contributed by atoms with Crippen LogP contribution in [0.2, 0.25) is 5.02 Å². The second kappa shape index (κ2) is 4.76. The number of hydrogen-bond acceptors (Lipinski definition) is 4. The van der Waals surface area contributed by atoms with Crippen molar-refractivity contribution in [3.63, 3.8) is 0 Å². The first-order valence-corrected chi connectivity index (χ1v) is 5.02. The van der Waals surface area contributed by atoms with Crippen molar-refractivity contribution in [1.29, 1.82) is 5.26 Å². The third-order valence-electron chi connectivity index (χ3n) is 2.01. The van der Waals surface area contributed by atoms with Crippen LogP contribution in [0.4, 0.5) is 15.9 Å². The largest absolute Gasteiger partial charge is 0.335 e. The molecule has 0 aliphatic heterocycles. The SMILES string of the molecule is N#Cc1nccnc1Nc1cccc(Cl)c1F.